The highest BCUT2D eigenvalue weighted by molar-refractivity contribution is 6.20. The maximum Gasteiger partial charge on any atom is 0.336 e. The molecule has 0 saturated carbocycles. The molecule has 0 fully saturated rings. The van der Waals surface area contributed by atoms with Gasteiger partial charge in [-0.3, -0.25) is 0 Å². The normalized spacial score (nSPS) is 11.3. The van der Waals surface area contributed by atoms with Crippen LogP contribution in [0.4, 0.5) is 0 Å². The van der Waals surface area contributed by atoms with Crippen molar-refractivity contribution in [3.63, 3.8) is 0 Å². The van der Waals surface area contributed by atoms with Crippen molar-refractivity contribution in [3.05, 3.63) is 59.7 Å². The Balaban J connectivity index is 2.29. The van der Waals surface area contributed by atoms with E-state index < -0.39 is 5.97 Å². The molecule has 0 amide bonds. The number of unbranched alkanes of at least 4 members (excludes halogenated alkanes) is 1. The third-order valence-electron chi connectivity index (χ3n) is 3.32. The smallest absolute Gasteiger partial charge is 0.336 e. The molecule has 2 aromatic carbocycles. The number of hydrogen-bond donors (Lipinski definition) is 2. The number of phenols is 1. The fourth-order valence-corrected chi connectivity index (χ4v) is 2.14. The molecule has 0 aliphatic rings. The van der Waals surface area contributed by atoms with E-state index in [0.717, 1.165) is 18.4 Å². The van der Waals surface area contributed by atoms with Gasteiger partial charge in [0.2, 0.25) is 0 Å². The van der Waals surface area contributed by atoms with E-state index >= 15 is 0 Å². The molecule has 0 saturated heterocycles. The predicted molar refractivity (Wildman–Crippen MR) is 90.5 cm³/mol. The van der Waals surface area contributed by atoms with E-state index in [-0.39, 0.29) is 11.3 Å². The van der Waals surface area contributed by atoms with E-state index in [4.69, 9.17) is 4.74 Å². The highest BCUT2D eigenvalue weighted by Gasteiger charge is 2.11. The second kappa shape index (κ2) is 8.03. The van der Waals surface area contributed by atoms with Gasteiger partial charge in [0.25, 0.3) is 0 Å². The molecule has 0 unspecified atom stereocenters. The monoisotopic (exact) mass is 312 g/mol. The van der Waals surface area contributed by atoms with E-state index in [1.165, 1.54) is 12.1 Å². The molecule has 0 aliphatic heterocycles. The predicted octanol–water partition coefficient (Wildman–Crippen LogP) is 4.20. The van der Waals surface area contributed by atoms with Gasteiger partial charge in [-0.15, -0.1) is 0 Å². The average molecular weight is 312 g/mol. The molecule has 0 heterocycles. The van der Waals surface area contributed by atoms with E-state index in [0.29, 0.717) is 17.9 Å². The Hall–Kier alpha value is -2.75. The fraction of sp³-hybridized carbons (Fsp3) is 0.211. The third-order valence-corrected chi connectivity index (χ3v) is 3.32. The highest BCUT2D eigenvalue weighted by atomic mass is 16.5. The molecule has 0 atom stereocenters. The maximum absolute atomic E-state index is 11.5. The van der Waals surface area contributed by atoms with Crippen LogP contribution in [0, 0.1) is 0 Å². The van der Waals surface area contributed by atoms with Crippen molar-refractivity contribution < 1.29 is 19.7 Å². The molecule has 0 bridgehead atoms. The van der Waals surface area contributed by atoms with Gasteiger partial charge in [0.1, 0.15) is 11.5 Å². The summed E-state index contributed by atoms with van der Waals surface area (Å²) in [5.74, 6) is -0.299. The Morgan fingerprint density at radius 2 is 1.96 bits per heavy atom. The zero-order valence-electron chi connectivity index (χ0n) is 13.0. The average Bonchev–Trinajstić information content (AvgIpc) is 2.53. The number of carbonyl (C=O) groups is 1. The summed E-state index contributed by atoms with van der Waals surface area (Å²) in [6.45, 7) is 2.74. The van der Waals surface area contributed by atoms with Gasteiger partial charge in [0.15, 0.2) is 0 Å². The van der Waals surface area contributed by atoms with E-state index in [1.807, 2.05) is 18.2 Å². The van der Waals surface area contributed by atoms with Crippen LogP contribution < -0.4 is 4.74 Å². The molecular weight excluding hydrogens is 292 g/mol. The largest absolute Gasteiger partial charge is 0.508 e. The van der Waals surface area contributed by atoms with E-state index in [9.17, 15) is 15.0 Å². The summed E-state index contributed by atoms with van der Waals surface area (Å²) in [4.78, 5) is 11.5. The fourth-order valence-electron chi connectivity index (χ4n) is 2.14. The SMILES string of the molecule is CCCCOc1cccc(/C=C(\C(=O)O)c2cccc(O)c2)c1. The summed E-state index contributed by atoms with van der Waals surface area (Å²) < 4.78 is 5.64. The molecule has 0 spiro atoms. The number of rotatable bonds is 7. The van der Waals surface area contributed by atoms with Crippen LogP contribution in [0.1, 0.15) is 30.9 Å². The zero-order chi connectivity index (χ0) is 16.7. The molecule has 0 aromatic heterocycles. The van der Waals surface area contributed by atoms with Crippen LogP contribution in [0.15, 0.2) is 48.5 Å². The summed E-state index contributed by atoms with van der Waals surface area (Å²) in [5.41, 5.74) is 1.31. The molecule has 2 N–H and O–H groups in total. The summed E-state index contributed by atoms with van der Waals surface area (Å²) in [6, 6.07) is 13.5. The number of aliphatic carboxylic acids is 1. The van der Waals surface area contributed by atoms with E-state index in [2.05, 4.69) is 6.92 Å². The Morgan fingerprint density at radius 1 is 1.17 bits per heavy atom. The Labute approximate surface area is 135 Å². The zero-order valence-corrected chi connectivity index (χ0v) is 13.0. The van der Waals surface area contributed by atoms with Crippen LogP contribution in [0.3, 0.4) is 0 Å². The summed E-state index contributed by atoms with van der Waals surface area (Å²) in [5, 5.41) is 19.0. The first-order valence-corrected chi connectivity index (χ1v) is 7.57. The van der Waals surface area contributed by atoms with Gasteiger partial charge in [-0.2, -0.15) is 0 Å². The summed E-state index contributed by atoms with van der Waals surface area (Å²) in [7, 11) is 0. The standard InChI is InChI=1S/C19H20O4/c1-2-3-10-23-17-9-4-6-14(11-17)12-18(19(21)22)15-7-5-8-16(20)13-15/h4-9,11-13,20H,2-3,10H2,1H3,(H,21,22)/b18-12-. The number of carboxylic acid groups (broad SMARTS) is 1. The number of benzene rings is 2. The first-order valence-electron chi connectivity index (χ1n) is 7.57. The Morgan fingerprint density at radius 3 is 2.65 bits per heavy atom. The lowest BCUT2D eigenvalue weighted by atomic mass is 10.0. The topological polar surface area (TPSA) is 66.8 Å². The second-order valence-electron chi connectivity index (χ2n) is 5.19. The van der Waals surface area contributed by atoms with Crippen molar-refractivity contribution in [1.29, 1.82) is 0 Å². The Kier molecular flexibility index (Phi) is 5.80. The second-order valence-corrected chi connectivity index (χ2v) is 5.19. The van der Waals surface area contributed by atoms with Crippen molar-refractivity contribution in [1.82, 2.24) is 0 Å². The molecule has 0 aliphatic carbocycles. The number of ether oxygens (including phenoxy) is 1. The van der Waals surface area contributed by atoms with Gasteiger partial charge in [0.05, 0.1) is 12.2 Å². The van der Waals surface area contributed by atoms with Crippen LogP contribution in [0.5, 0.6) is 11.5 Å². The molecule has 2 aromatic rings. The first kappa shape index (κ1) is 16.6. The van der Waals surface area contributed by atoms with Gasteiger partial charge in [-0.1, -0.05) is 37.6 Å². The van der Waals surface area contributed by atoms with Gasteiger partial charge in [-0.25, -0.2) is 4.79 Å². The quantitative estimate of drug-likeness (QED) is 0.457. The van der Waals surface area contributed by atoms with Crippen LogP contribution in [-0.4, -0.2) is 22.8 Å². The molecule has 4 heteroatoms. The summed E-state index contributed by atoms with van der Waals surface area (Å²) in [6.07, 6.45) is 3.60. The third kappa shape index (κ3) is 4.88. The molecule has 23 heavy (non-hydrogen) atoms. The first-order chi connectivity index (χ1) is 11.1. The Bertz CT molecular complexity index is 704. The molecule has 120 valence electrons. The van der Waals surface area contributed by atoms with Gasteiger partial charge < -0.3 is 14.9 Å². The molecule has 0 radical (unpaired) electrons. The van der Waals surface area contributed by atoms with Crippen molar-refractivity contribution in [3.8, 4) is 11.5 Å². The van der Waals surface area contributed by atoms with Crippen molar-refractivity contribution in [2.75, 3.05) is 6.61 Å². The number of phenolic OH excluding ortho intramolecular Hbond substituents is 1. The minimum atomic E-state index is -1.05. The molecule has 2 rings (SSSR count). The lowest BCUT2D eigenvalue weighted by Crippen LogP contribution is -2.00. The number of hydrogen-bond acceptors (Lipinski definition) is 3. The van der Waals surface area contributed by atoms with Crippen LogP contribution in [0.25, 0.3) is 11.6 Å². The van der Waals surface area contributed by atoms with Crippen LogP contribution in [0.2, 0.25) is 0 Å². The lowest BCUT2D eigenvalue weighted by molar-refractivity contribution is -0.130. The number of carboxylic acids is 1. The van der Waals surface area contributed by atoms with E-state index in [1.54, 1.807) is 24.3 Å². The molecular formula is C19H20O4. The highest BCUT2D eigenvalue weighted by Crippen LogP contribution is 2.24. The van der Waals surface area contributed by atoms with Crippen molar-refractivity contribution in [2.24, 2.45) is 0 Å². The van der Waals surface area contributed by atoms with Crippen LogP contribution in [-0.2, 0) is 4.79 Å². The summed E-state index contributed by atoms with van der Waals surface area (Å²) >= 11 is 0. The van der Waals surface area contributed by atoms with Gasteiger partial charge in [0, 0.05) is 0 Å². The van der Waals surface area contributed by atoms with Gasteiger partial charge in [-0.05, 0) is 47.9 Å². The maximum atomic E-state index is 11.5. The lowest BCUT2D eigenvalue weighted by Gasteiger charge is -2.07. The van der Waals surface area contributed by atoms with Crippen molar-refractivity contribution >= 4 is 17.6 Å². The van der Waals surface area contributed by atoms with Gasteiger partial charge >= 0.3 is 5.97 Å². The van der Waals surface area contributed by atoms with Crippen LogP contribution >= 0.6 is 0 Å². The number of aromatic hydroxyl groups is 1. The minimum absolute atomic E-state index is 0.0336. The molecule has 4 nitrogen and oxygen atoms in total. The van der Waals surface area contributed by atoms with Crippen molar-refractivity contribution in [2.45, 2.75) is 19.8 Å². The minimum Gasteiger partial charge on any atom is -0.508 e.